The lowest BCUT2D eigenvalue weighted by Crippen LogP contribution is -2.56. The average molecular weight is 445 g/mol. The molecule has 0 saturated carbocycles. The van der Waals surface area contributed by atoms with Crippen LogP contribution in [0.25, 0.3) is 0 Å². The number of methoxy groups -OCH3 is 2. The van der Waals surface area contributed by atoms with Crippen molar-refractivity contribution >= 4 is 17.8 Å². The molecule has 10 nitrogen and oxygen atoms in total. The molecule has 0 radical (unpaired) electrons. The highest BCUT2D eigenvalue weighted by Crippen LogP contribution is 2.18. The third-order valence-corrected chi connectivity index (χ3v) is 4.96. The van der Waals surface area contributed by atoms with Crippen LogP contribution < -0.4 is 5.32 Å². The Morgan fingerprint density at radius 1 is 1.19 bits per heavy atom. The molecule has 0 aromatic carbocycles. The van der Waals surface area contributed by atoms with Gasteiger partial charge in [-0.3, -0.25) is 14.4 Å². The predicted octanol–water partition coefficient (Wildman–Crippen LogP) is -0.643. The maximum absolute atomic E-state index is 12.7. The minimum atomic E-state index is -1.74. The fraction of sp³-hybridized carbons (Fsp3) is 0.762. The fourth-order valence-corrected chi connectivity index (χ4v) is 3.15. The Hall–Kier alpha value is -2.01. The first-order chi connectivity index (χ1) is 14.4. The van der Waals surface area contributed by atoms with Crippen molar-refractivity contribution in [2.24, 2.45) is 5.41 Å². The number of ether oxygens (including phenoxy) is 2. The van der Waals surface area contributed by atoms with Crippen LogP contribution in [0.1, 0.15) is 40.0 Å². The van der Waals surface area contributed by atoms with Crippen LogP contribution in [0.5, 0.6) is 0 Å². The molecule has 5 atom stereocenters. The van der Waals surface area contributed by atoms with Gasteiger partial charge in [0.05, 0.1) is 7.11 Å². The van der Waals surface area contributed by atoms with Crippen molar-refractivity contribution in [2.75, 3.05) is 27.3 Å². The number of hydrogen-bond acceptors (Lipinski definition) is 8. The number of aliphatic hydroxyl groups excluding tert-OH is 3. The third kappa shape index (κ3) is 8.56. The molecule has 0 bridgehead atoms. The number of likely N-dealkylation sites (tertiary alicyclic amines) is 1. The summed E-state index contributed by atoms with van der Waals surface area (Å²) in [5.41, 5.74) is -0.250. The van der Waals surface area contributed by atoms with E-state index in [0.717, 1.165) is 0 Å². The number of hydrogen-bond donors (Lipinski definition) is 4. The van der Waals surface area contributed by atoms with Crippen molar-refractivity contribution in [3.05, 3.63) is 12.2 Å². The first-order valence-electron chi connectivity index (χ1n) is 10.3. The second kappa shape index (κ2) is 12.1. The molecule has 178 valence electrons. The Kier molecular flexibility index (Phi) is 10.6. The second-order valence-electron chi connectivity index (χ2n) is 8.75. The second-order valence-corrected chi connectivity index (χ2v) is 8.75. The number of amides is 2. The smallest absolute Gasteiger partial charge is 0.325 e. The predicted molar refractivity (Wildman–Crippen MR) is 112 cm³/mol. The summed E-state index contributed by atoms with van der Waals surface area (Å²) < 4.78 is 9.66. The minimum Gasteiger partial charge on any atom is -0.468 e. The fourth-order valence-electron chi connectivity index (χ4n) is 3.15. The van der Waals surface area contributed by atoms with Crippen molar-refractivity contribution < 1.29 is 39.2 Å². The largest absolute Gasteiger partial charge is 0.468 e. The first kappa shape index (κ1) is 27.0. The quantitative estimate of drug-likeness (QED) is 0.271. The molecule has 1 aliphatic heterocycles. The number of nitrogens with one attached hydrogen (secondary N) is 1. The van der Waals surface area contributed by atoms with Crippen LogP contribution in [0.3, 0.4) is 0 Å². The van der Waals surface area contributed by atoms with E-state index in [-0.39, 0.29) is 12.0 Å². The van der Waals surface area contributed by atoms with E-state index < -0.39 is 48.2 Å². The lowest BCUT2D eigenvalue weighted by Gasteiger charge is -2.29. The minimum absolute atomic E-state index is 0.219. The van der Waals surface area contributed by atoms with E-state index in [9.17, 15) is 29.7 Å². The van der Waals surface area contributed by atoms with E-state index in [0.29, 0.717) is 25.8 Å². The van der Waals surface area contributed by atoms with E-state index >= 15 is 0 Å². The number of rotatable bonds is 9. The lowest BCUT2D eigenvalue weighted by atomic mass is 9.94. The number of carbonyl (C=O) groups excluding carboxylic acids is 3. The summed E-state index contributed by atoms with van der Waals surface area (Å²) in [4.78, 5) is 38.3. The molecule has 1 aliphatic rings. The molecule has 10 heteroatoms. The van der Waals surface area contributed by atoms with Gasteiger partial charge in [0.15, 0.2) is 6.10 Å². The van der Waals surface area contributed by atoms with Gasteiger partial charge >= 0.3 is 5.97 Å². The topological polar surface area (TPSA) is 146 Å². The standard InChI is InChI=1S/C21H36N2O8/c1-21(2,3)10-9-14(24)16(26)17(27)18(31-5)19(28)22-13-8-6-7-11-23(20(13)29)12-15(25)30-4/h9-10,13-14,16-18,24,26-27H,6-8,11-12H2,1-5H3,(H,22,28)/b10-9+/t13?,14-,16+,17-,18-/m1/s1. The van der Waals surface area contributed by atoms with Crippen LogP contribution in [0, 0.1) is 5.41 Å². The normalized spacial score (nSPS) is 21.9. The summed E-state index contributed by atoms with van der Waals surface area (Å²) in [6.07, 6.45) is -1.68. The summed E-state index contributed by atoms with van der Waals surface area (Å²) in [6, 6.07) is -0.910. The van der Waals surface area contributed by atoms with Gasteiger partial charge in [-0.1, -0.05) is 32.9 Å². The molecule has 4 N–H and O–H groups in total. The Morgan fingerprint density at radius 3 is 2.39 bits per heavy atom. The van der Waals surface area contributed by atoms with Crippen molar-refractivity contribution in [2.45, 2.75) is 70.5 Å². The zero-order chi connectivity index (χ0) is 23.8. The monoisotopic (exact) mass is 444 g/mol. The van der Waals surface area contributed by atoms with Crippen molar-refractivity contribution in [1.82, 2.24) is 10.2 Å². The maximum atomic E-state index is 12.7. The van der Waals surface area contributed by atoms with E-state index in [1.807, 2.05) is 20.8 Å². The number of aliphatic hydroxyl groups is 3. The van der Waals surface area contributed by atoms with Crippen LogP contribution in [0.2, 0.25) is 0 Å². The summed E-state index contributed by atoms with van der Waals surface area (Å²) in [6.45, 7) is 5.84. The van der Waals surface area contributed by atoms with Gasteiger partial charge in [0.25, 0.3) is 5.91 Å². The molecular weight excluding hydrogens is 408 g/mol. The Morgan fingerprint density at radius 2 is 1.84 bits per heavy atom. The molecule has 31 heavy (non-hydrogen) atoms. The molecular formula is C21H36N2O8. The van der Waals surface area contributed by atoms with E-state index in [2.05, 4.69) is 10.1 Å². The molecule has 0 aromatic heterocycles. The van der Waals surface area contributed by atoms with Gasteiger partial charge in [0, 0.05) is 13.7 Å². The summed E-state index contributed by atoms with van der Waals surface area (Å²) in [7, 11) is 2.40. The molecule has 0 aliphatic carbocycles. The molecule has 1 unspecified atom stereocenters. The van der Waals surface area contributed by atoms with Crippen molar-refractivity contribution in [1.29, 1.82) is 0 Å². The average Bonchev–Trinajstić information content (AvgIpc) is 2.87. The van der Waals surface area contributed by atoms with E-state index in [1.54, 1.807) is 6.08 Å². The van der Waals surface area contributed by atoms with E-state index in [1.165, 1.54) is 25.2 Å². The Bertz CT molecular complexity index is 646. The molecule has 1 heterocycles. The highest BCUT2D eigenvalue weighted by atomic mass is 16.5. The number of carbonyl (C=O) groups is 3. The molecule has 0 aromatic rings. The van der Waals surface area contributed by atoms with Crippen molar-refractivity contribution in [3.8, 4) is 0 Å². The van der Waals surface area contributed by atoms with Crippen molar-refractivity contribution in [3.63, 3.8) is 0 Å². The molecule has 0 spiro atoms. The molecule has 2 amide bonds. The van der Waals surface area contributed by atoms with Gasteiger partial charge in [-0.2, -0.15) is 0 Å². The zero-order valence-electron chi connectivity index (χ0n) is 18.9. The van der Waals surface area contributed by atoms with Gasteiger partial charge in [0.1, 0.15) is 30.9 Å². The molecule has 1 saturated heterocycles. The van der Waals surface area contributed by atoms with Gasteiger partial charge in [-0.05, 0) is 24.7 Å². The summed E-state index contributed by atoms with van der Waals surface area (Å²) >= 11 is 0. The van der Waals surface area contributed by atoms with Crippen LogP contribution in [0.4, 0.5) is 0 Å². The maximum Gasteiger partial charge on any atom is 0.325 e. The first-order valence-corrected chi connectivity index (χ1v) is 10.3. The van der Waals surface area contributed by atoms with Gasteiger partial charge < -0.3 is 35.0 Å². The SMILES string of the molecule is COC(=O)CN1CCCCC(NC(=O)[C@H](OC)[C@H](O)[C@@H](O)[C@H](O)/C=C/C(C)(C)C)C1=O. The van der Waals surface area contributed by atoms with Crippen LogP contribution in [-0.4, -0.2) is 95.8 Å². The van der Waals surface area contributed by atoms with Crippen LogP contribution >= 0.6 is 0 Å². The Balaban J connectivity index is 2.84. The Labute approximate surface area is 183 Å². The highest BCUT2D eigenvalue weighted by molar-refractivity contribution is 5.91. The van der Waals surface area contributed by atoms with E-state index in [4.69, 9.17) is 4.74 Å². The van der Waals surface area contributed by atoms with Gasteiger partial charge in [-0.15, -0.1) is 0 Å². The number of allylic oxidation sites excluding steroid dienone is 1. The van der Waals surface area contributed by atoms with Gasteiger partial charge in [0.2, 0.25) is 5.91 Å². The zero-order valence-corrected chi connectivity index (χ0v) is 18.9. The van der Waals surface area contributed by atoms with Gasteiger partial charge in [-0.25, -0.2) is 0 Å². The summed E-state index contributed by atoms with van der Waals surface area (Å²) in [5.74, 6) is -1.81. The lowest BCUT2D eigenvalue weighted by molar-refractivity contribution is -0.152. The highest BCUT2D eigenvalue weighted by Gasteiger charge is 2.38. The third-order valence-electron chi connectivity index (χ3n) is 4.96. The number of esters is 1. The number of nitrogens with zero attached hydrogens (tertiary/aromatic N) is 1. The molecule has 1 fully saturated rings. The van der Waals surface area contributed by atoms with Crippen LogP contribution in [-0.2, 0) is 23.9 Å². The summed E-state index contributed by atoms with van der Waals surface area (Å²) in [5, 5.41) is 33.3. The molecule has 1 rings (SSSR count). The van der Waals surface area contributed by atoms with Crippen LogP contribution in [0.15, 0.2) is 12.2 Å².